The van der Waals surface area contributed by atoms with E-state index in [0.717, 1.165) is 11.8 Å². The van der Waals surface area contributed by atoms with Gasteiger partial charge in [0.05, 0.1) is 29.5 Å². The van der Waals surface area contributed by atoms with Gasteiger partial charge in [0.1, 0.15) is 19.0 Å². The van der Waals surface area contributed by atoms with Gasteiger partial charge in [-0.05, 0) is 36.8 Å². The molecule has 0 radical (unpaired) electrons. The molecule has 0 aliphatic heterocycles. The Kier molecular flexibility index (Phi) is 6.19. The Morgan fingerprint density at radius 3 is 2.45 bits per heavy atom. The lowest BCUT2D eigenvalue weighted by Gasteiger charge is -2.15. The fraction of sp³-hybridized carbons (Fsp3) is 0.130. The summed E-state index contributed by atoms with van der Waals surface area (Å²) in [6, 6.07) is 15.8. The molecule has 6 nitrogen and oxygen atoms in total. The molecule has 0 fully saturated rings. The molecule has 0 saturated carbocycles. The Morgan fingerprint density at radius 2 is 1.83 bits per heavy atom. The second-order valence-corrected chi connectivity index (χ2v) is 6.22. The number of aldehydes is 1. The molecule has 1 heterocycles. The maximum absolute atomic E-state index is 11.8. The molecule has 0 atom stereocenters. The number of carbonyl (C=O) groups excluding carboxylic acids is 1. The number of hydrogen-bond acceptors (Lipinski definition) is 5. The Balaban J connectivity index is 1.75. The van der Waals surface area contributed by atoms with Crippen molar-refractivity contribution in [3.05, 3.63) is 94.1 Å². The van der Waals surface area contributed by atoms with Crippen LogP contribution < -0.4 is 9.47 Å². The number of ether oxygens (including phenoxy) is 2. The molecule has 3 rings (SSSR count). The highest BCUT2D eigenvalue weighted by atomic mass is 16.5. The fourth-order valence-corrected chi connectivity index (χ4v) is 2.68. The molecule has 29 heavy (non-hydrogen) atoms. The van der Waals surface area contributed by atoms with Crippen LogP contribution in [0, 0.1) is 24.8 Å². The predicted octanol–water partition coefficient (Wildman–Crippen LogP) is 4.78. The largest absolute Gasteiger partial charge is 0.489 e. The molecule has 0 aliphatic carbocycles. The first-order valence-electron chi connectivity index (χ1n) is 8.80. The third-order valence-electron chi connectivity index (χ3n) is 4.28. The number of nitriles is 1. The van der Waals surface area contributed by atoms with Crippen molar-refractivity contribution in [1.82, 2.24) is 4.98 Å². The van der Waals surface area contributed by atoms with Crippen molar-refractivity contribution in [2.75, 3.05) is 0 Å². The first kappa shape index (κ1) is 19.6. The third-order valence-corrected chi connectivity index (χ3v) is 4.28. The minimum atomic E-state index is 0.142. The van der Waals surface area contributed by atoms with Crippen molar-refractivity contribution < 1.29 is 14.3 Å². The Labute approximate surface area is 168 Å². The van der Waals surface area contributed by atoms with Gasteiger partial charge in [-0.1, -0.05) is 24.3 Å². The molecule has 0 aliphatic rings. The summed E-state index contributed by atoms with van der Waals surface area (Å²) < 4.78 is 11.6. The summed E-state index contributed by atoms with van der Waals surface area (Å²) >= 11 is 0. The highest BCUT2D eigenvalue weighted by molar-refractivity contribution is 5.82. The van der Waals surface area contributed by atoms with Crippen molar-refractivity contribution >= 4 is 12.0 Å². The number of carbonyl (C=O) groups is 1. The molecule has 6 heteroatoms. The summed E-state index contributed by atoms with van der Waals surface area (Å²) in [7, 11) is 0. The second-order valence-electron chi connectivity index (χ2n) is 6.22. The van der Waals surface area contributed by atoms with Gasteiger partial charge in [0.15, 0.2) is 17.7 Å². The normalized spacial score (nSPS) is 9.90. The maximum Gasteiger partial charge on any atom is 0.187 e. The predicted molar refractivity (Wildman–Crippen MR) is 107 cm³/mol. The number of pyridine rings is 1. The molecule has 0 bridgehead atoms. The van der Waals surface area contributed by atoms with Crippen molar-refractivity contribution in [2.24, 2.45) is 0 Å². The van der Waals surface area contributed by atoms with Crippen LogP contribution in [0.15, 0.2) is 54.7 Å². The maximum atomic E-state index is 11.8. The van der Waals surface area contributed by atoms with Gasteiger partial charge < -0.3 is 9.47 Å². The van der Waals surface area contributed by atoms with Crippen LogP contribution in [0.25, 0.3) is 4.85 Å². The summed E-state index contributed by atoms with van der Waals surface area (Å²) in [6.45, 7) is 9.17. The zero-order chi connectivity index (χ0) is 20.6. The molecule has 2 aromatic carbocycles. The molecule has 0 saturated heterocycles. The summed E-state index contributed by atoms with van der Waals surface area (Å²) in [5.74, 6) is 0.999. The van der Waals surface area contributed by atoms with Gasteiger partial charge in [-0.3, -0.25) is 9.78 Å². The third kappa shape index (κ3) is 4.77. The van der Waals surface area contributed by atoms with Gasteiger partial charge in [-0.15, -0.1) is 0 Å². The molecule has 0 spiro atoms. The monoisotopic (exact) mass is 383 g/mol. The van der Waals surface area contributed by atoms with Crippen molar-refractivity contribution in [3.63, 3.8) is 0 Å². The van der Waals surface area contributed by atoms with E-state index in [1.807, 2.05) is 12.1 Å². The zero-order valence-corrected chi connectivity index (χ0v) is 15.8. The number of benzene rings is 2. The van der Waals surface area contributed by atoms with Crippen molar-refractivity contribution in [3.8, 4) is 17.6 Å². The van der Waals surface area contributed by atoms with E-state index in [9.17, 15) is 4.79 Å². The lowest BCUT2D eigenvalue weighted by atomic mass is 10.1. The number of nitrogens with zero attached hydrogens (tertiary/aromatic N) is 3. The van der Waals surface area contributed by atoms with E-state index < -0.39 is 0 Å². The molecule has 3 aromatic rings. The van der Waals surface area contributed by atoms with E-state index in [0.29, 0.717) is 39.6 Å². The summed E-state index contributed by atoms with van der Waals surface area (Å²) in [5.41, 5.74) is 3.59. The molecule has 142 valence electrons. The smallest absolute Gasteiger partial charge is 0.187 e. The van der Waals surface area contributed by atoms with Gasteiger partial charge in [-0.2, -0.15) is 5.26 Å². The van der Waals surface area contributed by atoms with Crippen LogP contribution in [-0.2, 0) is 13.2 Å². The minimum absolute atomic E-state index is 0.142. The van der Waals surface area contributed by atoms with Crippen LogP contribution in [-0.4, -0.2) is 11.3 Å². The summed E-state index contributed by atoms with van der Waals surface area (Å²) in [4.78, 5) is 19.4. The van der Waals surface area contributed by atoms with Crippen LogP contribution in [0.4, 0.5) is 5.69 Å². The first-order chi connectivity index (χ1) is 14.1. The van der Waals surface area contributed by atoms with Crippen LogP contribution >= 0.6 is 0 Å². The number of aryl methyl sites for hydroxylation is 1. The molecule has 1 aromatic heterocycles. The molecule has 0 amide bonds. The number of aromatic nitrogens is 1. The Hall–Kier alpha value is -4.16. The number of rotatable bonds is 7. The lowest BCUT2D eigenvalue weighted by molar-refractivity contribution is 0.111. The van der Waals surface area contributed by atoms with Gasteiger partial charge in [-0.25, -0.2) is 4.85 Å². The van der Waals surface area contributed by atoms with E-state index in [4.69, 9.17) is 21.3 Å². The quantitative estimate of drug-likeness (QED) is 0.433. The number of hydrogen-bond donors (Lipinski definition) is 0. The van der Waals surface area contributed by atoms with E-state index in [1.54, 1.807) is 49.5 Å². The molecule has 0 N–H and O–H groups in total. The standard InChI is InChI=1S/C23H17N3O3/c1-16-23(29-14-18-3-7-20(25-2)8-4-18)22(13-27)19(12-26-16)15-28-21-9-5-17(11-24)6-10-21/h3-10,12-13H,14-15H2,1H3. The second kappa shape index (κ2) is 9.16. The topological polar surface area (TPSA) is 76.6 Å². The van der Waals surface area contributed by atoms with Gasteiger partial charge in [0.25, 0.3) is 0 Å². The van der Waals surface area contributed by atoms with E-state index in [2.05, 4.69) is 15.9 Å². The fourth-order valence-electron chi connectivity index (χ4n) is 2.68. The van der Waals surface area contributed by atoms with Crippen molar-refractivity contribution in [2.45, 2.75) is 20.1 Å². The van der Waals surface area contributed by atoms with E-state index in [-0.39, 0.29) is 13.2 Å². The molecular formula is C23H17N3O3. The van der Waals surface area contributed by atoms with Crippen LogP contribution in [0.2, 0.25) is 0 Å². The molecule has 0 unspecified atom stereocenters. The minimum Gasteiger partial charge on any atom is -0.489 e. The van der Waals surface area contributed by atoms with E-state index in [1.165, 1.54) is 0 Å². The summed E-state index contributed by atoms with van der Waals surface area (Å²) in [6.07, 6.45) is 2.34. The zero-order valence-electron chi connectivity index (χ0n) is 15.8. The highest BCUT2D eigenvalue weighted by Gasteiger charge is 2.14. The Bertz CT molecular complexity index is 1090. The molecular weight excluding hydrogens is 366 g/mol. The van der Waals surface area contributed by atoms with Gasteiger partial charge in [0, 0.05) is 11.8 Å². The average molecular weight is 383 g/mol. The Morgan fingerprint density at radius 1 is 1.10 bits per heavy atom. The van der Waals surface area contributed by atoms with Crippen LogP contribution in [0.1, 0.15) is 32.7 Å². The SMILES string of the molecule is [C-]#[N+]c1ccc(COc2c(C)ncc(COc3ccc(C#N)cc3)c2C=O)cc1. The van der Waals surface area contributed by atoms with Gasteiger partial charge >= 0.3 is 0 Å². The van der Waals surface area contributed by atoms with Crippen molar-refractivity contribution in [1.29, 1.82) is 5.26 Å². The van der Waals surface area contributed by atoms with E-state index >= 15 is 0 Å². The lowest BCUT2D eigenvalue weighted by Crippen LogP contribution is -2.07. The highest BCUT2D eigenvalue weighted by Crippen LogP contribution is 2.26. The summed E-state index contributed by atoms with van der Waals surface area (Å²) in [5, 5.41) is 8.86. The average Bonchev–Trinajstić information content (AvgIpc) is 2.77. The van der Waals surface area contributed by atoms with Crippen LogP contribution in [0.3, 0.4) is 0 Å². The van der Waals surface area contributed by atoms with Crippen LogP contribution in [0.5, 0.6) is 11.5 Å². The van der Waals surface area contributed by atoms with Gasteiger partial charge in [0.2, 0.25) is 0 Å². The first-order valence-corrected chi connectivity index (χ1v) is 8.80.